The Morgan fingerprint density at radius 1 is 0.526 bits per heavy atom. The van der Waals surface area contributed by atoms with Crippen LogP contribution in [0, 0.1) is 0 Å². The highest BCUT2D eigenvalue weighted by molar-refractivity contribution is 7.26. The van der Waals surface area contributed by atoms with E-state index in [2.05, 4.69) is 190 Å². The Morgan fingerprint density at radius 2 is 1.19 bits per heavy atom. The number of nitrogens with one attached hydrogen (secondary N) is 3. The van der Waals surface area contributed by atoms with Crippen molar-refractivity contribution in [2.45, 2.75) is 31.3 Å². The first kappa shape index (κ1) is 32.9. The quantitative estimate of drug-likeness (QED) is 0.164. The first-order valence-corrected chi connectivity index (χ1v) is 20.7. The number of hydrogen-bond donors (Lipinski definition) is 3. The highest BCUT2D eigenvalue weighted by Gasteiger charge is 2.32. The van der Waals surface area contributed by atoms with Gasteiger partial charge < -0.3 is 8.98 Å². The highest BCUT2D eigenvalue weighted by Crippen LogP contribution is 2.47. The van der Waals surface area contributed by atoms with Gasteiger partial charge in [0.25, 0.3) is 0 Å². The first-order valence-electron chi connectivity index (χ1n) is 19.9. The fourth-order valence-electron chi connectivity index (χ4n) is 9.47. The lowest BCUT2D eigenvalue weighted by molar-refractivity contribution is 0.225. The second-order valence-corrected chi connectivity index (χ2v) is 16.3. The van der Waals surface area contributed by atoms with E-state index in [-0.39, 0.29) is 18.5 Å². The van der Waals surface area contributed by atoms with Gasteiger partial charge in [0.05, 0.1) is 35.2 Å². The fourth-order valence-corrected chi connectivity index (χ4v) is 10.6. The SMILES string of the molecule is C1=CC(C2NC(c3ccccc3)NC(c3cccc4oc5c(-c6cccc7sc8cccc(-n9c%10ccccc%10c%10ccccc%109)c8c67)cccc5c34)N2)=CCC1. The minimum atomic E-state index is -0.135. The number of thiophene rings is 1. The normalized spacial score (nSPS) is 18.7. The number of nitrogens with zero attached hydrogens (tertiary/aromatic N) is 1. The van der Waals surface area contributed by atoms with Gasteiger partial charge in [0.2, 0.25) is 0 Å². The fraction of sp³-hybridized carbons (Fsp3) is 0.0980. The van der Waals surface area contributed by atoms with Gasteiger partial charge in [-0.2, -0.15) is 0 Å². The molecule has 7 aromatic carbocycles. The Labute approximate surface area is 333 Å². The van der Waals surface area contributed by atoms with Crippen molar-refractivity contribution in [1.82, 2.24) is 20.5 Å². The maximum absolute atomic E-state index is 6.98. The van der Waals surface area contributed by atoms with Gasteiger partial charge in [-0.1, -0.05) is 133 Å². The molecule has 3 N–H and O–H groups in total. The molecule has 1 saturated heterocycles. The summed E-state index contributed by atoms with van der Waals surface area (Å²) in [4.78, 5) is 0. The Morgan fingerprint density at radius 3 is 2.00 bits per heavy atom. The van der Waals surface area contributed by atoms with E-state index in [9.17, 15) is 0 Å². The van der Waals surface area contributed by atoms with E-state index in [0.717, 1.165) is 40.3 Å². The molecule has 10 aromatic rings. The average Bonchev–Trinajstić information content (AvgIpc) is 3.97. The Hall–Kier alpha value is -6.28. The maximum Gasteiger partial charge on any atom is 0.143 e. The van der Waals surface area contributed by atoms with Gasteiger partial charge in [-0.25, -0.2) is 0 Å². The number of aromatic nitrogens is 1. The third kappa shape index (κ3) is 5.19. The minimum Gasteiger partial charge on any atom is -0.455 e. The zero-order valence-electron chi connectivity index (χ0n) is 31.1. The van der Waals surface area contributed by atoms with Gasteiger partial charge in [-0.05, 0) is 71.5 Å². The van der Waals surface area contributed by atoms with Crippen LogP contribution in [0.2, 0.25) is 0 Å². The summed E-state index contributed by atoms with van der Waals surface area (Å²) in [6.45, 7) is 0. The van der Waals surface area contributed by atoms with Crippen LogP contribution in [0.25, 0.3) is 80.7 Å². The largest absolute Gasteiger partial charge is 0.455 e. The van der Waals surface area contributed by atoms with Crippen LogP contribution in [-0.2, 0) is 0 Å². The molecule has 0 spiro atoms. The number of para-hydroxylation sites is 3. The molecule has 4 heterocycles. The second kappa shape index (κ2) is 13.2. The van der Waals surface area contributed by atoms with Crippen LogP contribution >= 0.6 is 11.3 Å². The number of fused-ring (bicyclic) bond motifs is 9. The summed E-state index contributed by atoms with van der Waals surface area (Å²) in [5.74, 6) is 0. The molecule has 0 amide bonds. The third-order valence-corrected chi connectivity index (χ3v) is 13.1. The van der Waals surface area contributed by atoms with Gasteiger partial charge in [0.15, 0.2) is 0 Å². The van der Waals surface area contributed by atoms with Crippen LogP contribution in [-0.4, -0.2) is 10.7 Å². The van der Waals surface area contributed by atoms with Crippen molar-refractivity contribution in [1.29, 1.82) is 0 Å². The number of benzene rings is 7. The molecular weight excluding hydrogens is 717 g/mol. The molecule has 3 unspecified atom stereocenters. The van der Waals surface area contributed by atoms with Crippen molar-refractivity contribution < 1.29 is 4.42 Å². The molecule has 1 fully saturated rings. The van der Waals surface area contributed by atoms with Crippen molar-refractivity contribution >= 4 is 75.3 Å². The maximum atomic E-state index is 6.98. The molecule has 0 radical (unpaired) electrons. The average molecular weight is 755 g/mol. The number of furan rings is 1. The van der Waals surface area contributed by atoms with Gasteiger partial charge >= 0.3 is 0 Å². The first-order chi connectivity index (χ1) is 28.3. The van der Waals surface area contributed by atoms with Crippen LogP contribution < -0.4 is 16.0 Å². The number of rotatable bonds is 5. The monoisotopic (exact) mass is 754 g/mol. The zero-order chi connectivity index (χ0) is 37.5. The molecule has 1 aliphatic heterocycles. The number of allylic oxidation sites excluding steroid dienone is 2. The van der Waals surface area contributed by atoms with Gasteiger partial charge in [0.1, 0.15) is 11.2 Å². The third-order valence-electron chi connectivity index (χ3n) is 12.0. The second-order valence-electron chi connectivity index (χ2n) is 15.2. The molecule has 3 aromatic heterocycles. The molecule has 3 atom stereocenters. The van der Waals surface area contributed by atoms with Crippen molar-refractivity contribution in [3.63, 3.8) is 0 Å². The Bertz CT molecular complexity index is 3200. The summed E-state index contributed by atoms with van der Waals surface area (Å²) in [6.07, 6.45) is 8.84. The van der Waals surface area contributed by atoms with Crippen molar-refractivity contribution in [3.05, 3.63) is 187 Å². The van der Waals surface area contributed by atoms with E-state index in [1.165, 1.54) is 69.9 Å². The topological polar surface area (TPSA) is 54.2 Å². The van der Waals surface area contributed by atoms with Crippen LogP contribution in [0.4, 0.5) is 0 Å². The standard InChI is InChI=1S/C51H38N4OS/c1-3-15-31(16-4-1)49-52-50(32-17-5-2-6-18-32)54-51(53-49)38-24-12-28-42-45(38)37-23-11-22-36(48(37)56-42)35-21-13-29-43-46(35)47-41(27-14-30-44(47)57-43)55-39-25-9-7-19-33(39)34-20-8-10-26-40(34)55/h1,3-5,7-30,49-54H,2,6H2. The van der Waals surface area contributed by atoms with Crippen molar-refractivity contribution in [2.75, 3.05) is 0 Å². The van der Waals surface area contributed by atoms with E-state index >= 15 is 0 Å². The lowest BCUT2D eigenvalue weighted by atomic mass is 9.95. The Kier molecular flexibility index (Phi) is 7.60. The van der Waals surface area contributed by atoms with Crippen molar-refractivity contribution in [2.24, 2.45) is 0 Å². The molecule has 57 heavy (non-hydrogen) atoms. The van der Waals surface area contributed by atoms with Crippen molar-refractivity contribution in [3.8, 4) is 16.8 Å². The van der Waals surface area contributed by atoms with Gasteiger partial charge in [0, 0.05) is 47.3 Å². The molecule has 2 aliphatic rings. The predicted molar refractivity (Wildman–Crippen MR) is 238 cm³/mol. The van der Waals surface area contributed by atoms with Crippen LogP contribution in [0.5, 0.6) is 0 Å². The summed E-state index contributed by atoms with van der Waals surface area (Å²) in [5.41, 5.74) is 11.3. The molecular formula is C51H38N4OS. The minimum absolute atomic E-state index is 0.0183. The van der Waals surface area contributed by atoms with E-state index < -0.39 is 0 Å². The van der Waals surface area contributed by atoms with Crippen LogP contribution in [0.15, 0.2) is 180 Å². The number of hydrogen-bond acceptors (Lipinski definition) is 5. The lowest BCUT2D eigenvalue weighted by Crippen LogP contribution is -2.59. The summed E-state index contributed by atoms with van der Waals surface area (Å²) < 4.78 is 12.0. The molecule has 6 heteroatoms. The molecule has 12 rings (SSSR count). The van der Waals surface area contributed by atoms with E-state index in [0.29, 0.717) is 0 Å². The smallest absolute Gasteiger partial charge is 0.143 e. The highest BCUT2D eigenvalue weighted by atomic mass is 32.1. The van der Waals surface area contributed by atoms with E-state index in [1.54, 1.807) is 0 Å². The molecule has 5 nitrogen and oxygen atoms in total. The zero-order valence-corrected chi connectivity index (χ0v) is 31.9. The van der Waals surface area contributed by atoms with E-state index in [1.807, 2.05) is 11.3 Å². The Balaban J connectivity index is 1.05. The summed E-state index contributed by atoms with van der Waals surface area (Å²) in [7, 11) is 0. The molecule has 1 aliphatic carbocycles. The molecule has 274 valence electrons. The lowest BCUT2D eigenvalue weighted by Gasteiger charge is -2.40. The van der Waals surface area contributed by atoms with Gasteiger partial charge in [-0.3, -0.25) is 16.0 Å². The summed E-state index contributed by atoms with van der Waals surface area (Å²) >= 11 is 1.86. The van der Waals surface area contributed by atoms with E-state index in [4.69, 9.17) is 4.42 Å². The summed E-state index contributed by atoms with van der Waals surface area (Å²) in [6, 6.07) is 54.8. The summed E-state index contributed by atoms with van der Waals surface area (Å²) in [5, 5.41) is 19.0. The molecule has 0 bridgehead atoms. The molecule has 0 saturated carbocycles. The van der Waals surface area contributed by atoms with Crippen LogP contribution in [0.3, 0.4) is 0 Å². The van der Waals surface area contributed by atoms with Crippen LogP contribution in [0.1, 0.15) is 36.3 Å². The predicted octanol–water partition coefficient (Wildman–Crippen LogP) is 12.8. The van der Waals surface area contributed by atoms with Gasteiger partial charge in [-0.15, -0.1) is 11.3 Å².